The third-order valence-corrected chi connectivity index (χ3v) is 0.321. The van der Waals surface area contributed by atoms with Gasteiger partial charge in [-0.15, -0.1) is 0 Å². The van der Waals surface area contributed by atoms with Gasteiger partial charge in [0.05, 0.1) is 0 Å². The molecule has 0 amide bonds. The zero-order valence-electron chi connectivity index (χ0n) is 3.76. The summed E-state index contributed by atoms with van der Waals surface area (Å²) >= 11 is 0. The van der Waals surface area contributed by atoms with Crippen molar-refractivity contribution in [3.8, 4) is 0 Å². The highest BCUT2D eigenvalue weighted by Crippen LogP contribution is 1.62. The van der Waals surface area contributed by atoms with Gasteiger partial charge in [-0.3, -0.25) is 0 Å². The van der Waals surface area contributed by atoms with Gasteiger partial charge in [-0.1, -0.05) is 0 Å². The maximum absolute atomic E-state index is 5.07. The van der Waals surface area contributed by atoms with Crippen LogP contribution in [0, 0.1) is 0 Å². The van der Waals surface area contributed by atoms with Crippen molar-refractivity contribution < 1.29 is 0 Å². The molecule has 0 saturated carbocycles. The minimum atomic E-state index is 1.38. The Balaban J connectivity index is 3.03. The molecule has 0 fully saturated rings. The monoisotopic (exact) mass is 87.1 g/mol. The van der Waals surface area contributed by atoms with Crippen LogP contribution in [0.5, 0.6) is 0 Å². The number of hydrogen-bond donors (Lipinski definition) is 2. The SMILES string of the molecule is CN(N)/C=C/N. The zero-order valence-corrected chi connectivity index (χ0v) is 3.76. The zero-order chi connectivity index (χ0) is 4.99. The van der Waals surface area contributed by atoms with E-state index >= 15 is 0 Å². The van der Waals surface area contributed by atoms with Crippen LogP contribution in [-0.4, -0.2) is 12.1 Å². The number of rotatable bonds is 1. The van der Waals surface area contributed by atoms with Crippen molar-refractivity contribution in [2.75, 3.05) is 7.05 Å². The van der Waals surface area contributed by atoms with Gasteiger partial charge >= 0.3 is 0 Å². The van der Waals surface area contributed by atoms with E-state index in [0.717, 1.165) is 0 Å². The first kappa shape index (κ1) is 5.30. The van der Waals surface area contributed by atoms with E-state index in [1.54, 1.807) is 13.2 Å². The van der Waals surface area contributed by atoms with E-state index in [9.17, 15) is 0 Å². The van der Waals surface area contributed by atoms with E-state index in [1.165, 1.54) is 11.2 Å². The summed E-state index contributed by atoms with van der Waals surface area (Å²) < 4.78 is 0. The molecular weight excluding hydrogens is 78.1 g/mol. The molecule has 0 rings (SSSR count). The van der Waals surface area contributed by atoms with Gasteiger partial charge in [0.25, 0.3) is 0 Å². The van der Waals surface area contributed by atoms with Crippen molar-refractivity contribution in [2.24, 2.45) is 11.6 Å². The van der Waals surface area contributed by atoms with E-state index in [0.29, 0.717) is 0 Å². The standard InChI is InChI=1S/C3H9N3/c1-6(5)3-2-4/h2-3H,4-5H2,1H3/b3-2+. The summed E-state index contributed by atoms with van der Waals surface area (Å²) in [5.74, 6) is 5.07. The molecule has 36 valence electrons. The van der Waals surface area contributed by atoms with Crippen LogP contribution in [0.25, 0.3) is 0 Å². The molecule has 0 spiro atoms. The highest BCUT2D eigenvalue weighted by atomic mass is 15.4. The lowest BCUT2D eigenvalue weighted by Gasteiger charge is -1.99. The highest BCUT2D eigenvalue weighted by molar-refractivity contribution is 4.69. The van der Waals surface area contributed by atoms with Gasteiger partial charge in [0.15, 0.2) is 0 Å². The van der Waals surface area contributed by atoms with E-state index < -0.39 is 0 Å². The second kappa shape index (κ2) is 2.53. The summed E-state index contributed by atoms with van der Waals surface area (Å²) in [7, 11) is 1.70. The molecule has 0 bridgehead atoms. The smallest absolute Gasteiger partial charge is 0.0306 e. The van der Waals surface area contributed by atoms with Gasteiger partial charge in [-0.05, 0) is 0 Å². The molecule has 0 heterocycles. The molecule has 0 atom stereocenters. The van der Waals surface area contributed by atoms with Crippen LogP contribution in [0.4, 0.5) is 0 Å². The number of hydrogen-bond acceptors (Lipinski definition) is 3. The van der Waals surface area contributed by atoms with Gasteiger partial charge in [0, 0.05) is 19.4 Å². The average molecular weight is 87.1 g/mol. The summed E-state index contributed by atoms with van der Waals surface area (Å²) in [6.07, 6.45) is 2.93. The molecule has 0 radical (unpaired) electrons. The van der Waals surface area contributed by atoms with Gasteiger partial charge in [-0.2, -0.15) is 0 Å². The summed E-state index contributed by atoms with van der Waals surface area (Å²) in [5, 5.41) is 1.38. The quantitative estimate of drug-likeness (QED) is 0.326. The maximum Gasteiger partial charge on any atom is 0.0306 e. The van der Waals surface area contributed by atoms with E-state index in [1.807, 2.05) is 0 Å². The van der Waals surface area contributed by atoms with Crippen molar-refractivity contribution in [2.45, 2.75) is 0 Å². The lowest BCUT2D eigenvalue weighted by Crippen LogP contribution is -2.18. The molecule has 3 heteroatoms. The molecule has 0 unspecified atom stereocenters. The van der Waals surface area contributed by atoms with Gasteiger partial charge < -0.3 is 10.7 Å². The summed E-state index contributed by atoms with van der Waals surface area (Å²) in [6, 6.07) is 0. The lowest BCUT2D eigenvalue weighted by atomic mass is 10.9. The van der Waals surface area contributed by atoms with Crippen LogP contribution in [0.1, 0.15) is 0 Å². The summed E-state index contributed by atoms with van der Waals surface area (Å²) in [6.45, 7) is 0. The fourth-order valence-corrected chi connectivity index (χ4v) is 0.136. The fraction of sp³-hybridized carbons (Fsp3) is 0.333. The first-order chi connectivity index (χ1) is 2.77. The number of nitrogens with zero attached hydrogens (tertiary/aromatic N) is 1. The minimum Gasteiger partial charge on any atom is -0.403 e. The Kier molecular flexibility index (Phi) is 2.24. The van der Waals surface area contributed by atoms with E-state index in [-0.39, 0.29) is 0 Å². The van der Waals surface area contributed by atoms with Crippen LogP contribution in [0.3, 0.4) is 0 Å². The van der Waals surface area contributed by atoms with Crippen molar-refractivity contribution >= 4 is 0 Å². The molecule has 0 aromatic rings. The largest absolute Gasteiger partial charge is 0.403 e. The first-order valence-electron chi connectivity index (χ1n) is 1.63. The van der Waals surface area contributed by atoms with Crippen molar-refractivity contribution in [1.29, 1.82) is 0 Å². The Morgan fingerprint density at radius 2 is 2.17 bits per heavy atom. The van der Waals surface area contributed by atoms with Gasteiger partial charge in [0.1, 0.15) is 0 Å². The average Bonchev–Trinajstić information content (AvgIpc) is 1.35. The second-order valence-electron chi connectivity index (χ2n) is 1.01. The van der Waals surface area contributed by atoms with Crippen LogP contribution < -0.4 is 11.6 Å². The molecule has 3 nitrogen and oxygen atoms in total. The molecular formula is C3H9N3. The Morgan fingerprint density at radius 3 is 2.17 bits per heavy atom. The topological polar surface area (TPSA) is 55.3 Å². The Bertz CT molecular complexity index is 48.0. The normalized spacial score (nSPS) is 9.67. The lowest BCUT2D eigenvalue weighted by molar-refractivity contribution is 0.484. The molecule has 0 aliphatic heterocycles. The molecule has 0 aliphatic rings. The Morgan fingerprint density at radius 1 is 1.67 bits per heavy atom. The van der Waals surface area contributed by atoms with Crippen LogP contribution >= 0.6 is 0 Å². The second-order valence-corrected chi connectivity index (χ2v) is 1.01. The third-order valence-electron chi connectivity index (χ3n) is 0.321. The summed E-state index contributed by atoms with van der Waals surface area (Å²) in [4.78, 5) is 0. The number of hydrazine groups is 1. The predicted octanol–water partition coefficient (Wildman–Crippen LogP) is -0.778. The van der Waals surface area contributed by atoms with Crippen LogP contribution in [0.15, 0.2) is 12.4 Å². The highest BCUT2D eigenvalue weighted by Gasteiger charge is 1.66. The third kappa shape index (κ3) is 3.30. The molecule has 4 N–H and O–H groups in total. The predicted molar refractivity (Wildman–Crippen MR) is 25.3 cm³/mol. The van der Waals surface area contributed by atoms with Gasteiger partial charge in [-0.25, -0.2) is 5.84 Å². The van der Waals surface area contributed by atoms with Gasteiger partial charge in [0.2, 0.25) is 0 Å². The van der Waals surface area contributed by atoms with E-state index in [2.05, 4.69) is 0 Å². The number of nitrogens with two attached hydrogens (primary N) is 2. The van der Waals surface area contributed by atoms with Crippen molar-refractivity contribution in [1.82, 2.24) is 5.01 Å². The maximum atomic E-state index is 5.07. The Labute approximate surface area is 37.2 Å². The first-order valence-corrected chi connectivity index (χ1v) is 1.63. The van der Waals surface area contributed by atoms with Crippen molar-refractivity contribution in [3.05, 3.63) is 12.4 Å². The summed E-state index contributed by atoms with van der Waals surface area (Å²) in [5.41, 5.74) is 4.93. The minimum absolute atomic E-state index is 1.38. The van der Waals surface area contributed by atoms with Crippen molar-refractivity contribution in [3.63, 3.8) is 0 Å². The van der Waals surface area contributed by atoms with Crippen LogP contribution in [0.2, 0.25) is 0 Å². The van der Waals surface area contributed by atoms with Crippen LogP contribution in [-0.2, 0) is 0 Å². The molecule has 0 saturated heterocycles. The molecule has 0 aromatic heterocycles. The fourth-order valence-electron chi connectivity index (χ4n) is 0.136. The Hall–Kier alpha value is -0.700. The molecule has 6 heavy (non-hydrogen) atoms. The van der Waals surface area contributed by atoms with E-state index in [4.69, 9.17) is 11.6 Å². The molecule has 0 aromatic carbocycles. The molecule has 0 aliphatic carbocycles.